The van der Waals surface area contributed by atoms with Gasteiger partial charge < -0.3 is 10.2 Å². The molecule has 1 aliphatic rings. The maximum absolute atomic E-state index is 13.7. The molecule has 0 aromatic heterocycles. The molecule has 2 rings (SSSR count). The highest BCUT2D eigenvalue weighted by atomic mass is 79.9. The SMILES string of the molecule is CC(CN1CCNCC1)C(=O)c1cc(Br)ccc1F. The lowest BCUT2D eigenvalue weighted by Gasteiger charge is -2.29. The van der Waals surface area contributed by atoms with E-state index < -0.39 is 5.82 Å². The lowest BCUT2D eigenvalue weighted by atomic mass is 9.98. The highest BCUT2D eigenvalue weighted by Crippen LogP contribution is 2.19. The summed E-state index contributed by atoms with van der Waals surface area (Å²) in [5.41, 5.74) is 0.178. The van der Waals surface area contributed by atoms with E-state index in [0.717, 1.165) is 30.7 Å². The third kappa shape index (κ3) is 3.84. The van der Waals surface area contributed by atoms with Crippen LogP contribution in [0.4, 0.5) is 4.39 Å². The van der Waals surface area contributed by atoms with Crippen LogP contribution in [0.5, 0.6) is 0 Å². The number of hydrogen-bond donors (Lipinski definition) is 1. The first-order valence-electron chi connectivity index (χ1n) is 6.50. The maximum Gasteiger partial charge on any atom is 0.169 e. The van der Waals surface area contributed by atoms with Crippen LogP contribution in [0.3, 0.4) is 0 Å². The van der Waals surface area contributed by atoms with Crippen molar-refractivity contribution in [1.82, 2.24) is 10.2 Å². The average molecular weight is 329 g/mol. The van der Waals surface area contributed by atoms with Gasteiger partial charge in [-0.1, -0.05) is 22.9 Å². The molecular formula is C14H18BrFN2O. The highest BCUT2D eigenvalue weighted by Gasteiger charge is 2.22. The van der Waals surface area contributed by atoms with Crippen LogP contribution in [0, 0.1) is 11.7 Å². The number of rotatable bonds is 4. The van der Waals surface area contributed by atoms with Gasteiger partial charge in [-0.3, -0.25) is 4.79 Å². The molecule has 0 bridgehead atoms. The van der Waals surface area contributed by atoms with Crippen LogP contribution < -0.4 is 5.32 Å². The summed E-state index contributed by atoms with van der Waals surface area (Å²) in [6, 6.07) is 4.49. The molecule has 1 aromatic rings. The van der Waals surface area contributed by atoms with Crippen molar-refractivity contribution < 1.29 is 9.18 Å². The van der Waals surface area contributed by atoms with Crippen molar-refractivity contribution in [3.8, 4) is 0 Å². The standard InChI is InChI=1S/C14H18BrFN2O/c1-10(9-18-6-4-17-5-7-18)14(19)12-8-11(15)2-3-13(12)16/h2-3,8,10,17H,4-7,9H2,1H3. The zero-order chi connectivity index (χ0) is 13.8. The fourth-order valence-corrected chi connectivity index (χ4v) is 2.68. The molecule has 0 amide bonds. The van der Waals surface area contributed by atoms with E-state index in [4.69, 9.17) is 0 Å². The van der Waals surface area contributed by atoms with E-state index >= 15 is 0 Å². The Labute approximate surface area is 121 Å². The van der Waals surface area contributed by atoms with Crippen molar-refractivity contribution in [2.75, 3.05) is 32.7 Å². The Morgan fingerprint density at radius 2 is 2.16 bits per heavy atom. The molecule has 1 atom stereocenters. The molecular weight excluding hydrogens is 311 g/mol. The Morgan fingerprint density at radius 3 is 2.84 bits per heavy atom. The molecule has 3 nitrogen and oxygen atoms in total. The van der Waals surface area contributed by atoms with E-state index in [-0.39, 0.29) is 17.3 Å². The Balaban J connectivity index is 2.03. The van der Waals surface area contributed by atoms with Crippen molar-refractivity contribution in [3.05, 3.63) is 34.1 Å². The molecule has 1 aliphatic heterocycles. The predicted octanol–water partition coefficient (Wildman–Crippen LogP) is 2.31. The number of carbonyl (C=O) groups is 1. The fraction of sp³-hybridized carbons (Fsp3) is 0.500. The summed E-state index contributed by atoms with van der Waals surface area (Å²) in [7, 11) is 0. The summed E-state index contributed by atoms with van der Waals surface area (Å²) in [4.78, 5) is 14.5. The quantitative estimate of drug-likeness (QED) is 0.861. The van der Waals surface area contributed by atoms with Gasteiger partial charge in [-0.05, 0) is 18.2 Å². The number of piperazine rings is 1. The van der Waals surface area contributed by atoms with Gasteiger partial charge in [0.15, 0.2) is 5.78 Å². The molecule has 1 aromatic carbocycles. The van der Waals surface area contributed by atoms with Crippen LogP contribution in [-0.4, -0.2) is 43.4 Å². The van der Waals surface area contributed by atoms with Gasteiger partial charge in [0.2, 0.25) is 0 Å². The van der Waals surface area contributed by atoms with Gasteiger partial charge in [0.05, 0.1) is 5.56 Å². The smallest absolute Gasteiger partial charge is 0.169 e. The summed E-state index contributed by atoms with van der Waals surface area (Å²) in [5, 5.41) is 3.27. The first-order chi connectivity index (χ1) is 9.08. The Bertz CT molecular complexity index is 461. The molecule has 0 radical (unpaired) electrons. The summed E-state index contributed by atoms with van der Waals surface area (Å²) in [6.07, 6.45) is 0. The molecule has 0 aliphatic carbocycles. The van der Waals surface area contributed by atoms with Crippen molar-refractivity contribution in [2.45, 2.75) is 6.92 Å². The van der Waals surface area contributed by atoms with E-state index in [1.165, 1.54) is 6.07 Å². The number of halogens is 2. The van der Waals surface area contributed by atoms with Crippen LogP contribution in [0.2, 0.25) is 0 Å². The summed E-state index contributed by atoms with van der Waals surface area (Å²) >= 11 is 3.27. The first-order valence-corrected chi connectivity index (χ1v) is 7.29. The van der Waals surface area contributed by atoms with Crippen LogP contribution >= 0.6 is 15.9 Å². The van der Waals surface area contributed by atoms with Crippen LogP contribution in [-0.2, 0) is 0 Å². The van der Waals surface area contributed by atoms with Crippen LogP contribution in [0.15, 0.2) is 22.7 Å². The Kier molecular flexibility index (Phi) is 5.07. The molecule has 0 saturated carbocycles. The number of benzene rings is 1. The van der Waals surface area contributed by atoms with Gasteiger partial charge in [0.25, 0.3) is 0 Å². The lowest BCUT2D eigenvalue weighted by molar-refractivity contribution is 0.0883. The minimum Gasteiger partial charge on any atom is -0.314 e. The molecule has 1 unspecified atom stereocenters. The predicted molar refractivity (Wildman–Crippen MR) is 76.9 cm³/mol. The van der Waals surface area contributed by atoms with E-state index in [0.29, 0.717) is 6.54 Å². The summed E-state index contributed by atoms with van der Waals surface area (Å²) in [6.45, 7) is 6.34. The van der Waals surface area contributed by atoms with Gasteiger partial charge in [-0.25, -0.2) is 4.39 Å². The van der Waals surface area contributed by atoms with Gasteiger partial charge in [-0.2, -0.15) is 0 Å². The van der Waals surface area contributed by atoms with Crippen LogP contribution in [0.25, 0.3) is 0 Å². The molecule has 1 heterocycles. The third-order valence-corrected chi connectivity index (χ3v) is 3.88. The first kappa shape index (κ1) is 14.6. The molecule has 1 N–H and O–H groups in total. The van der Waals surface area contributed by atoms with E-state index in [1.807, 2.05) is 6.92 Å². The number of nitrogens with one attached hydrogen (secondary N) is 1. The van der Waals surface area contributed by atoms with Crippen molar-refractivity contribution >= 4 is 21.7 Å². The molecule has 19 heavy (non-hydrogen) atoms. The number of nitrogens with zero attached hydrogens (tertiary/aromatic N) is 1. The summed E-state index contributed by atoms with van der Waals surface area (Å²) in [5.74, 6) is -0.764. The average Bonchev–Trinajstić information content (AvgIpc) is 2.42. The van der Waals surface area contributed by atoms with Crippen LogP contribution in [0.1, 0.15) is 17.3 Å². The van der Waals surface area contributed by atoms with Crippen molar-refractivity contribution in [1.29, 1.82) is 0 Å². The second-order valence-corrected chi connectivity index (χ2v) is 5.86. The second-order valence-electron chi connectivity index (χ2n) is 4.94. The number of hydrogen-bond acceptors (Lipinski definition) is 3. The summed E-state index contributed by atoms with van der Waals surface area (Å²) < 4.78 is 14.4. The normalized spacial score (nSPS) is 18.3. The third-order valence-electron chi connectivity index (χ3n) is 3.38. The van der Waals surface area contributed by atoms with E-state index in [1.54, 1.807) is 12.1 Å². The Hall–Kier alpha value is -0.780. The van der Waals surface area contributed by atoms with E-state index in [2.05, 4.69) is 26.1 Å². The van der Waals surface area contributed by atoms with Gasteiger partial charge in [0, 0.05) is 43.1 Å². The van der Waals surface area contributed by atoms with E-state index in [9.17, 15) is 9.18 Å². The monoisotopic (exact) mass is 328 g/mol. The second kappa shape index (κ2) is 6.59. The molecule has 0 spiro atoms. The molecule has 5 heteroatoms. The minimum absolute atomic E-state index is 0.127. The minimum atomic E-state index is -0.444. The van der Waals surface area contributed by atoms with Gasteiger partial charge >= 0.3 is 0 Å². The highest BCUT2D eigenvalue weighted by molar-refractivity contribution is 9.10. The fourth-order valence-electron chi connectivity index (χ4n) is 2.32. The van der Waals surface area contributed by atoms with Gasteiger partial charge in [-0.15, -0.1) is 0 Å². The largest absolute Gasteiger partial charge is 0.314 e. The maximum atomic E-state index is 13.7. The molecule has 1 saturated heterocycles. The topological polar surface area (TPSA) is 32.3 Å². The lowest BCUT2D eigenvalue weighted by Crippen LogP contribution is -2.45. The van der Waals surface area contributed by atoms with Crippen molar-refractivity contribution in [2.24, 2.45) is 5.92 Å². The zero-order valence-electron chi connectivity index (χ0n) is 11.0. The molecule has 1 fully saturated rings. The van der Waals surface area contributed by atoms with Crippen molar-refractivity contribution in [3.63, 3.8) is 0 Å². The number of ketones is 1. The Morgan fingerprint density at radius 1 is 1.47 bits per heavy atom. The zero-order valence-corrected chi connectivity index (χ0v) is 12.5. The number of Topliss-reactive ketones (excluding diaryl/α,β-unsaturated/α-hetero) is 1. The van der Waals surface area contributed by atoms with Gasteiger partial charge in [0.1, 0.15) is 5.82 Å². The number of carbonyl (C=O) groups excluding carboxylic acids is 1. The molecule has 104 valence electrons.